The second-order valence-electron chi connectivity index (χ2n) is 7.11. The van der Waals surface area contributed by atoms with Crippen LogP contribution in [0.25, 0.3) is 0 Å². The van der Waals surface area contributed by atoms with E-state index in [1.54, 1.807) is 23.4 Å². The predicted molar refractivity (Wildman–Crippen MR) is 111 cm³/mol. The average Bonchev–Trinajstić information content (AvgIpc) is 2.76. The molecule has 0 spiro atoms. The Labute approximate surface area is 171 Å². The van der Waals surface area contributed by atoms with Crippen LogP contribution in [0, 0.1) is 5.82 Å². The molecule has 1 aliphatic rings. The topological polar surface area (TPSA) is 64.6 Å². The van der Waals surface area contributed by atoms with E-state index in [-0.39, 0.29) is 11.8 Å². The number of aromatic nitrogens is 2. The number of urea groups is 1. The van der Waals surface area contributed by atoms with Crippen LogP contribution in [-0.2, 0) is 6.54 Å². The van der Waals surface area contributed by atoms with Crippen molar-refractivity contribution in [2.75, 3.05) is 50.7 Å². The first-order chi connectivity index (χ1) is 14.2. The maximum absolute atomic E-state index is 13.3. The molecular formula is C21H29FN6O. The van der Waals surface area contributed by atoms with Gasteiger partial charge in [0.1, 0.15) is 5.82 Å². The first-order valence-corrected chi connectivity index (χ1v) is 10.2. The van der Waals surface area contributed by atoms with Crippen molar-refractivity contribution < 1.29 is 9.18 Å². The molecule has 156 valence electrons. The molecule has 1 saturated heterocycles. The summed E-state index contributed by atoms with van der Waals surface area (Å²) in [5, 5.41) is 2.98. The van der Waals surface area contributed by atoms with Gasteiger partial charge in [-0.1, -0.05) is 12.1 Å². The van der Waals surface area contributed by atoms with Gasteiger partial charge in [-0.15, -0.1) is 0 Å². The van der Waals surface area contributed by atoms with Gasteiger partial charge in [0.05, 0.1) is 0 Å². The average molecular weight is 401 g/mol. The van der Waals surface area contributed by atoms with Crippen molar-refractivity contribution in [2.24, 2.45) is 0 Å². The lowest BCUT2D eigenvalue weighted by atomic mass is 10.2. The first-order valence-electron chi connectivity index (χ1n) is 10.2. The molecule has 0 saturated carbocycles. The summed E-state index contributed by atoms with van der Waals surface area (Å²) in [6.07, 6.45) is 4.43. The van der Waals surface area contributed by atoms with E-state index in [0.717, 1.165) is 50.7 Å². The van der Waals surface area contributed by atoms with Gasteiger partial charge in [0.25, 0.3) is 0 Å². The normalized spacial score (nSPS) is 14.6. The molecule has 29 heavy (non-hydrogen) atoms. The molecule has 8 heteroatoms. The Morgan fingerprint density at radius 1 is 1.17 bits per heavy atom. The maximum Gasteiger partial charge on any atom is 0.317 e. The van der Waals surface area contributed by atoms with E-state index in [2.05, 4.69) is 25.1 Å². The van der Waals surface area contributed by atoms with Crippen LogP contribution in [-0.4, -0.2) is 71.6 Å². The van der Waals surface area contributed by atoms with Crippen LogP contribution in [0.5, 0.6) is 0 Å². The molecule has 0 bridgehead atoms. The molecule has 2 heterocycles. The van der Waals surface area contributed by atoms with Gasteiger partial charge >= 0.3 is 6.03 Å². The van der Waals surface area contributed by atoms with Crippen LogP contribution in [0.1, 0.15) is 18.9 Å². The summed E-state index contributed by atoms with van der Waals surface area (Å²) < 4.78 is 13.3. The van der Waals surface area contributed by atoms with Crippen molar-refractivity contribution >= 4 is 12.0 Å². The van der Waals surface area contributed by atoms with Gasteiger partial charge in [-0.05, 0) is 43.7 Å². The van der Waals surface area contributed by atoms with Gasteiger partial charge in [0.2, 0.25) is 5.95 Å². The highest BCUT2D eigenvalue weighted by atomic mass is 19.1. The third-order valence-electron chi connectivity index (χ3n) is 5.07. The number of benzene rings is 1. The fourth-order valence-corrected chi connectivity index (χ4v) is 3.42. The first kappa shape index (κ1) is 21.0. The highest BCUT2D eigenvalue weighted by Crippen LogP contribution is 2.10. The fraction of sp³-hybridized carbons (Fsp3) is 0.476. The number of hydrogen-bond acceptors (Lipinski definition) is 5. The van der Waals surface area contributed by atoms with Gasteiger partial charge in [-0.2, -0.15) is 0 Å². The minimum Gasteiger partial charge on any atom is -0.338 e. The smallest absolute Gasteiger partial charge is 0.317 e. The van der Waals surface area contributed by atoms with Crippen LogP contribution in [0.3, 0.4) is 0 Å². The Hall–Kier alpha value is -2.74. The SMILES string of the molecule is CCN(Cc1cccc(F)c1)C(=O)NCCCN1CCN(c2ncccn2)CC1. The van der Waals surface area contributed by atoms with Crippen molar-refractivity contribution in [3.05, 3.63) is 54.1 Å². The van der Waals surface area contributed by atoms with Crippen LogP contribution in [0.2, 0.25) is 0 Å². The van der Waals surface area contributed by atoms with Gasteiger partial charge in [0.15, 0.2) is 0 Å². The molecule has 1 aliphatic heterocycles. The maximum atomic E-state index is 13.3. The van der Waals surface area contributed by atoms with Crippen LogP contribution >= 0.6 is 0 Å². The minimum absolute atomic E-state index is 0.109. The summed E-state index contributed by atoms with van der Waals surface area (Å²) in [5.74, 6) is 0.509. The Bertz CT molecular complexity index is 767. The predicted octanol–water partition coefficient (Wildman–Crippen LogP) is 2.36. The Balaban J connectivity index is 1.34. The second kappa shape index (κ2) is 10.7. The van der Waals surface area contributed by atoms with Crippen LogP contribution in [0.15, 0.2) is 42.7 Å². The number of piperazine rings is 1. The number of carbonyl (C=O) groups excluding carboxylic acids is 1. The Kier molecular flexibility index (Phi) is 7.75. The molecule has 1 N–H and O–H groups in total. The number of hydrogen-bond donors (Lipinski definition) is 1. The largest absolute Gasteiger partial charge is 0.338 e. The number of rotatable bonds is 8. The lowest BCUT2D eigenvalue weighted by molar-refractivity contribution is 0.196. The lowest BCUT2D eigenvalue weighted by Gasteiger charge is -2.34. The molecule has 7 nitrogen and oxygen atoms in total. The van der Waals surface area contributed by atoms with Crippen molar-refractivity contribution in [1.29, 1.82) is 0 Å². The third kappa shape index (κ3) is 6.39. The zero-order chi connectivity index (χ0) is 20.5. The third-order valence-corrected chi connectivity index (χ3v) is 5.07. The lowest BCUT2D eigenvalue weighted by Crippen LogP contribution is -2.47. The molecule has 0 radical (unpaired) electrons. The summed E-state index contributed by atoms with van der Waals surface area (Å²) in [6, 6.07) is 8.09. The number of amides is 2. The summed E-state index contributed by atoms with van der Waals surface area (Å²) >= 11 is 0. The van der Waals surface area contributed by atoms with E-state index in [1.807, 2.05) is 19.1 Å². The molecule has 1 aromatic carbocycles. The van der Waals surface area contributed by atoms with E-state index in [4.69, 9.17) is 0 Å². The number of halogens is 1. The highest BCUT2D eigenvalue weighted by Gasteiger charge is 2.18. The van der Waals surface area contributed by atoms with Crippen molar-refractivity contribution in [3.63, 3.8) is 0 Å². The van der Waals surface area contributed by atoms with E-state index in [9.17, 15) is 9.18 Å². The summed E-state index contributed by atoms with van der Waals surface area (Å²) in [6.45, 7) is 8.23. The summed E-state index contributed by atoms with van der Waals surface area (Å²) in [5.41, 5.74) is 0.794. The molecule has 2 aromatic rings. The molecule has 3 rings (SSSR count). The van der Waals surface area contributed by atoms with E-state index in [0.29, 0.717) is 19.6 Å². The summed E-state index contributed by atoms with van der Waals surface area (Å²) in [4.78, 5) is 27.3. The zero-order valence-electron chi connectivity index (χ0n) is 16.9. The Morgan fingerprint density at radius 3 is 2.62 bits per heavy atom. The van der Waals surface area contributed by atoms with Gasteiger partial charge < -0.3 is 15.1 Å². The molecule has 1 aromatic heterocycles. The molecule has 0 unspecified atom stereocenters. The standard InChI is InChI=1S/C21H29FN6O/c1-2-27(17-18-6-3-7-19(22)16-18)21(29)25-10-5-11-26-12-14-28(15-13-26)20-23-8-4-9-24-20/h3-4,6-9,16H,2,5,10-15,17H2,1H3,(H,25,29). The molecular weight excluding hydrogens is 371 g/mol. The quantitative estimate of drug-likeness (QED) is 0.689. The van der Waals surface area contributed by atoms with Crippen molar-refractivity contribution in [2.45, 2.75) is 19.9 Å². The van der Waals surface area contributed by atoms with E-state index >= 15 is 0 Å². The van der Waals surface area contributed by atoms with Crippen LogP contribution < -0.4 is 10.2 Å². The number of nitrogens with one attached hydrogen (secondary N) is 1. The van der Waals surface area contributed by atoms with Crippen molar-refractivity contribution in [1.82, 2.24) is 25.1 Å². The molecule has 0 aliphatic carbocycles. The zero-order valence-corrected chi connectivity index (χ0v) is 16.9. The second-order valence-corrected chi connectivity index (χ2v) is 7.11. The summed E-state index contributed by atoms with van der Waals surface area (Å²) in [7, 11) is 0. The molecule has 0 atom stereocenters. The minimum atomic E-state index is -0.280. The number of nitrogens with zero attached hydrogens (tertiary/aromatic N) is 5. The Morgan fingerprint density at radius 2 is 1.93 bits per heavy atom. The number of carbonyl (C=O) groups is 1. The van der Waals surface area contributed by atoms with Crippen molar-refractivity contribution in [3.8, 4) is 0 Å². The van der Waals surface area contributed by atoms with E-state index in [1.165, 1.54) is 12.1 Å². The van der Waals surface area contributed by atoms with Gasteiger partial charge in [-0.3, -0.25) is 4.90 Å². The van der Waals surface area contributed by atoms with Gasteiger partial charge in [0, 0.05) is 58.2 Å². The monoisotopic (exact) mass is 400 g/mol. The highest BCUT2D eigenvalue weighted by molar-refractivity contribution is 5.74. The van der Waals surface area contributed by atoms with Gasteiger partial charge in [-0.25, -0.2) is 19.2 Å². The molecule has 1 fully saturated rings. The van der Waals surface area contributed by atoms with E-state index < -0.39 is 0 Å². The van der Waals surface area contributed by atoms with Crippen LogP contribution in [0.4, 0.5) is 15.1 Å². The fourth-order valence-electron chi connectivity index (χ4n) is 3.42. The molecule has 2 amide bonds. The number of anilines is 1.